The first-order chi connectivity index (χ1) is 8.61. The van der Waals surface area contributed by atoms with Gasteiger partial charge in [-0.3, -0.25) is 0 Å². The lowest BCUT2D eigenvalue weighted by Crippen LogP contribution is -2.13. The lowest BCUT2D eigenvalue weighted by Gasteiger charge is -2.11. The highest BCUT2D eigenvalue weighted by Crippen LogP contribution is 2.17. The van der Waals surface area contributed by atoms with Gasteiger partial charge < -0.3 is 9.88 Å². The van der Waals surface area contributed by atoms with Crippen LogP contribution in [0.3, 0.4) is 0 Å². The van der Waals surface area contributed by atoms with Crippen molar-refractivity contribution in [1.82, 2.24) is 14.9 Å². The van der Waals surface area contributed by atoms with Gasteiger partial charge in [0.2, 0.25) is 0 Å². The molecular weight excluding hydrogens is 253 g/mol. The molecule has 2 rings (SSSR count). The number of nitrogens with zero attached hydrogens (tertiary/aromatic N) is 2. The van der Waals surface area contributed by atoms with E-state index in [4.69, 9.17) is 11.6 Å². The number of imidazole rings is 1. The molecule has 0 spiro atoms. The van der Waals surface area contributed by atoms with Crippen molar-refractivity contribution >= 4 is 11.6 Å². The number of rotatable bonds is 4. The van der Waals surface area contributed by atoms with E-state index < -0.39 is 0 Å². The number of hydrogen-bond acceptors (Lipinski definition) is 2. The second-order valence-electron chi connectivity index (χ2n) is 4.15. The maximum Gasteiger partial charge on any atom is 0.129 e. The van der Waals surface area contributed by atoms with Gasteiger partial charge in [-0.15, -0.1) is 0 Å². The zero-order valence-corrected chi connectivity index (χ0v) is 11.1. The van der Waals surface area contributed by atoms with Crippen molar-refractivity contribution < 1.29 is 4.39 Å². The Morgan fingerprint density at radius 2 is 2.22 bits per heavy atom. The molecule has 5 heteroatoms. The zero-order valence-electron chi connectivity index (χ0n) is 10.4. The molecule has 0 saturated carbocycles. The van der Waals surface area contributed by atoms with Crippen LogP contribution in [0.15, 0.2) is 24.4 Å². The van der Waals surface area contributed by atoms with Crippen LogP contribution in [0.4, 0.5) is 4.39 Å². The minimum atomic E-state index is -0.286. The minimum Gasteiger partial charge on any atom is -0.326 e. The van der Waals surface area contributed by atoms with Crippen molar-refractivity contribution in [2.45, 2.75) is 20.0 Å². The standard InChI is InChI=1S/C13H15ClFN3/c1-9-17-7-12(6-16-2)18(9)8-10-3-4-11(14)5-13(10)15/h3-5,7,16H,6,8H2,1-2H3. The summed E-state index contributed by atoms with van der Waals surface area (Å²) in [5.41, 5.74) is 1.64. The normalized spacial score (nSPS) is 10.9. The Hall–Kier alpha value is -1.39. The first-order valence-corrected chi connectivity index (χ1v) is 6.09. The Labute approximate surface area is 111 Å². The fourth-order valence-corrected chi connectivity index (χ4v) is 2.03. The van der Waals surface area contributed by atoms with Crippen molar-refractivity contribution in [3.8, 4) is 0 Å². The summed E-state index contributed by atoms with van der Waals surface area (Å²) in [4.78, 5) is 4.25. The lowest BCUT2D eigenvalue weighted by molar-refractivity contribution is 0.589. The van der Waals surface area contributed by atoms with Crippen molar-refractivity contribution in [2.24, 2.45) is 0 Å². The molecule has 1 heterocycles. The van der Waals surface area contributed by atoms with Gasteiger partial charge in [-0.25, -0.2) is 9.37 Å². The number of nitrogens with one attached hydrogen (secondary N) is 1. The Bertz CT molecular complexity index is 551. The lowest BCUT2D eigenvalue weighted by atomic mass is 10.2. The average molecular weight is 268 g/mol. The van der Waals surface area contributed by atoms with Gasteiger partial charge in [0, 0.05) is 23.3 Å². The Kier molecular flexibility index (Phi) is 3.99. The topological polar surface area (TPSA) is 29.9 Å². The molecule has 2 aromatic rings. The van der Waals surface area contributed by atoms with E-state index in [9.17, 15) is 4.39 Å². The van der Waals surface area contributed by atoms with E-state index in [1.54, 1.807) is 18.3 Å². The van der Waals surface area contributed by atoms with Gasteiger partial charge >= 0.3 is 0 Å². The Balaban J connectivity index is 2.30. The molecule has 0 unspecified atom stereocenters. The molecule has 0 saturated heterocycles. The molecule has 1 aromatic carbocycles. The van der Waals surface area contributed by atoms with Crippen LogP contribution in [0.2, 0.25) is 5.02 Å². The van der Waals surface area contributed by atoms with E-state index in [1.807, 2.05) is 18.5 Å². The number of benzene rings is 1. The number of halogens is 2. The molecule has 0 atom stereocenters. The molecule has 0 aliphatic rings. The second kappa shape index (κ2) is 5.50. The molecule has 96 valence electrons. The van der Waals surface area contributed by atoms with E-state index in [0.29, 0.717) is 23.7 Å². The fraction of sp³-hybridized carbons (Fsp3) is 0.308. The number of aryl methyl sites for hydroxylation is 1. The molecule has 0 radical (unpaired) electrons. The van der Waals surface area contributed by atoms with Crippen LogP contribution in [0, 0.1) is 12.7 Å². The summed E-state index contributed by atoms with van der Waals surface area (Å²) in [6.07, 6.45) is 1.81. The predicted molar refractivity (Wildman–Crippen MR) is 70.2 cm³/mol. The van der Waals surface area contributed by atoms with Gasteiger partial charge in [-0.05, 0) is 26.1 Å². The average Bonchev–Trinajstić information content (AvgIpc) is 2.65. The van der Waals surface area contributed by atoms with Crippen molar-refractivity contribution in [3.05, 3.63) is 52.3 Å². The summed E-state index contributed by atoms with van der Waals surface area (Å²) < 4.78 is 15.7. The smallest absolute Gasteiger partial charge is 0.129 e. The zero-order chi connectivity index (χ0) is 13.1. The van der Waals surface area contributed by atoms with Gasteiger partial charge in [0.05, 0.1) is 12.2 Å². The van der Waals surface area contributed by atoms with Crippen LogP contribution in [-0.4, -0.2) is 16.6 Å². The SMILES string of the molecule is CNCc1cnc(C)n1Cc1ccc(Cl)cc1F. The number of hydrogen-bond donors (Lipinski definition) is 1. The molecule has 0 aliphatic carbocycles. The maximum atomic E-state index is 13.8. The van der Waals surface area contributed by atoms with E-state index in [1.165, 1.54) is 6.07 Å². The molecular formula is C13H15ClFN3. The Morgan fingerprint density at radius 3 is 2.89 bits per heavy atom. The molecule has 1 aromatic heterocycles. The first kappa shape index (κ1) is 13.1. The third-order valence-corrected chi connectivity index (χ3v) is 3.07. The minimum absolute atomic E-state index is 0.286. The molecule has 18 heavy (non-hydrogen) atoms. The first-order valence-electron chi connectivity index (χ1n) is 5.71. The molecule has 0 bridgehead atoms. The highest BCUT2D eigenvalue weighted by atomic mass is 35.5. The largest absolute Gasteiger partial charge is 0.326 e. The highest BCUT2D eigenvalue weighted by molar-refractivity contribution is 6.30. The summed E-state index contributed by atoms with van der Waals surface area (Å²) in [6, 6.07) is 4.74. The van der Waals surface area contributed by atoms with E-state index >= 15 is 0 Å². The van der Waals surface area contributed by atoms with Crippen molar-refractivity contribution in [3.63, 3.8) is 0 Å². The van der Waals surface area contributed by atoms with Gasteiger partial charge in [0.15, 0.2) is 0 Å². The predicted octanol–water partition coefficient (Wildman–Crippen LogP) is 2.75. The van der Waals surface area contributed by atoms with E-state index in [2.05, 4.69) is 10.3 Å². The summed E-state index contributed by atoms with van der Waals surface area (Å²) in [6.45, 7) is 3.08. The molecule has 3 nitrogen and oxygen atoms in total. The van der Waals surface area contributed by atoms with E-state index in [-0.39, 0.29) is 5.82 Å². The third kappa shape index (κ3) is 2.71. The molecule has 0 fully saturated rings. The van der Waals surface area contributed by atoms with Crippen LogP contribution in [0.25, 0.3) is 0 Å². The molecule has 0 aliphatic heterocycles. The van der Waals surface area contributed by atoms with Crippen LogP contribution in [0.1, 0.15) is 17.1 Å². The van der Waals surface area contributed by atoms with Crippen molar-refractivity contribution in [1.29, 1.82) is 0 Å². The highest BCUT2D eigenvalue weighted by Gasteiger charge is 2.09. The summed E-state index contributed by atoms with van der Waals surface area (Å²) in [5, 5.41) is 3.48. The van der Waals surface area contributed by atoms with Gasteiger partial charge in [0.1, 0.15) is 11.6 Å². The van der Waals surface area contributed by atoms with Crippen LogP contribution in [-0.2, 0) is 13.1 Å². The molecule has 1 N–H and O–H groups in total. The Morgan fingerprint density at radius 1 is 1.44 bits per heavy atom. The van der Waals surface area contributed by atoms with Crippen LogP contribution >= 0.6 is 11.6 Å². The van der Waals surface area contributed by atoms with Crippen LogP contribution < -0.4 is 5.32 Å². The third-order valence-electron chi connectivity index (χ3n) is 2.84. The van der Waals surface area contributed by atoms with Gasteiger partial charge in [-0.2, -0.15) is 0 Å². The summed E-state index contributed by atoms with van der Waals surface area (Å²) >= 11 is 5.74. The maximum absolute atomic E-state index is 13.8. The van der Waals surface area contributed by atoms with Gasteiger partial charge in [-0.1, -0.05) is 17.7 Å². The van der Waals surface area contributed by atoms with Crippen LogP contribution in [0.5, 0.6) is 0 Å². The van der Waals surface area contributed by atoms with E-state index in [0.717, 1.165) is 11.5 Å². The molecule has 0 amide bonds. The van der Waals surface area contributed by atoms with Gasteiger partial charge in [0.25, 0.3) is 0 Å². The monoisotopic (exact) mass is 267 g/mol. The second-order valence-corrected chi connectivity index (χ2v) is 4.59. The van der Waals surface area contributed by atoms with Crippen molar-refractivity contribution in [2.75, 3.05) is 7.05 Å². The number of aromatic nitrogens is 2. The summed E-state index contributed by atoms with van der Waals surface area (Å²) in [5.74, 6) is 0.584. The summed E-state index contributed by atoms with van der Waals surface area (Å²) in [7, 11) is 1.87. The quantitative estimate of drug-likeness (QED) is 0.923. The fourth-order valence-electron chi connectivity index (χ4n) is 1.87.